The lowest BCUT2D eigenvalue weighted by molar-refractivity contribution is -0.385. The Morgan fingerprint density at radius 1 is 1.42 bits per heavy atom. The molecule has 0 radical (unpaired) electrons. The van der Waals surface area contributed by atoms with Gasteiger partial charge in [-0.25, -0.2) is 4.79 Å². The Kier molecular flexibility index (Phi) is 3.66. The van der Waals surface area contributed by atoms with E-state index in [-0.39, 0.29) is 5.75 Å². The van der Waals surface area contributed by atoms with E-state index >= 15 is 0 Å². The highest BCUT2D eigenvalue weighted by Crippen LogP contribution is 2.32. The zero-order valence-corrected chi connectivity index (χ0v) is 9.98. The Hall–Kier alpha value is -2.15. The molecule has 7 heteroatoms. The summed E-state index contributed by atoms with van der Waals surface area (Å²) in [7, 11) is 0. The molecule has 1 aliphatic carbocycles. The summed E-state index contributed by atoms with van der Waals surface area (Å²) < 4.78 is 5.44. The molecule has 7 nitrogen and oxygen atoms in total. The van der Waals surface area contributed by atoms with Crippen molar-refractivity contribution in [3.05, 3.63) is 33.9 Å². The maximum atomic E-state index is 11.2. The van der Waals surface area contributed by atoms with E-state index in [1.165, 1.54) is 12.1 Å². The van der Waals surface area contributed by atoms with E-state index in [9.17, 15) is 20.0 Å². The SMILES string of the molecule is O=C(O)c1c(OC2CCCC2O)cccc1[N+](=O)[O-]. The predicted molar refractivity (Wildman–Crippen MR) is 64.3 cm³/mol. The number of nitro benzene ring substituents is 1. The third kappa shape index (κ3) is 2.65. The lowest BCUT2D eigenvalue weighted by Crippen LogP contribution is -2.26. The first-order chi connectivity index (χ1) is 9.00. The van der Waals surface area contributed by atoms with Crippen LogP contribution >= 0.6 is 0 Å². The smallest absolute Gasteiger partial charge is 0.346 e. The molecule has 1 aliphatic rings. The molecule has 2 unspecified atom stereocenters. The van der Waals surface area contributed by atoms with Gasteiger partial charge in [-0.05, 0) is 25.3 Å². The van der Waals surface area contributed by atoms with Crippen LogP contribution in [0.2, 0.25) is 0 Å². The van der Waals surface area contributed by atoms with Crippen LogP contribution in [0.15, 0.2) is 18.2 Å². The van der Waals surface area contributed by atoms with E-state index in [1.807, 2.05) is 0 Å². The third-order valence-electron chi connectivity index (χ3n) is 3.11. The topological polar surface area (TPSA) is 110 Å². The largest absolute Gasteiger partial charge is 0.487 e. The van der Waals surface area contributed by atoms with Crippen LogP contribution in [-0.2, 0) is 0 Å². The maximum Gasteiger partial charge on any atom is 0.346 e. The van der Waals surface area contributed by atoms with Crippen molar-refractivity contribution in [2.24, 2.45) is 0 Å². The molecule has 2 atom stereocenters. The molecule has 1 aromatic rings. The zero-order chi connectivity index (χ0) is 14.0. The van der Waals surface area contributed by atoms with Gasteiger partial charge in [0.2, 0.25) is 0 Å². The van der Waals surface area contributed by atoms with Gasteiger partial charge < -0.3 is 14.9 Å². The fraction of sp³-hybridized carbons (Fsp3) is 0.417. The Balaban J connectivity index is 2.36. The van der Waals surface area contributed by atoms with Crippen LogP contribution in [0.1, 0.15) is 29.6 Å². The van der Waals surface area contributed by atoms with E-state index in [1.54, 1.807) is 0 Å². The van der Waals surface area contributed by atoms with Gasteiger partial charge in [-0.2, -0.15) is 0 Å². The lowest BCUT2D eigenvalue weighted by Gasteiger charge is -2.18. The van der Waals surface area contributed by atoms with Gasteiger partial charge in [0.05, 0.1) is 11.0 Å². The zero-order valence-electron chi connectivity index (χ0n) is 9.98. The molecule has 1 fully saturated rings. The van der Waals surface area contributed by atoms with Crippen LogP contribution in [0.25, 0.3) is 0 Å². The van der Waals surface area contributed by atoms with Gasteiger partial charge in [-0.1, -0.05) is 6.07 Å². The van der Waals surface area contributed by atoms with Gasteiger partial charge >= 0.3 is 5.97 Å². The van der Waals surface area contributed by atoms with Crippen LogP contribution in [0.3, 0.4) is 0 Å². The number of aliphatic hydroxyl groups is 1. The summed E-state index contributed by atoms with van der Waals surface area (Å²) >= 11 is 0. The van der Waals surface area contributed by atoms with Crippen LogP contribution in [-0.4, -0.2) is 33.3 Å². The van der Waals surface area contributed by atoms with Crippen molar-refractivity contribution < 1.29 is 24.7 Å². The van der Waals surface area contributed by atoms with Crippen molar-refractivity contribution in [1.29, 1.82) is 0 Å². The van der Waals surface area contributed by atoms with Crippen LogP contribution in [0.5, 0.6) is 5.75 Å². The first kappa shape index (κ1) is 13.3. The van der Waals surface area contributed by atoms with E-state index in [0.29, 0.717) is 12.8 Å². The van der Waals surface area contributed by atoms with E-state index in [2.05, 4.69) is 0 Å². The molecule has 2 rings (SSSR count). The van der Waals surface area contributed by atoms with Crippen LogP contribution in [0, 0.1) is 10.1 Å². The summed E-state index contributed by atoms with van der Waals surface area (Å²) in [4.78, 5) is 21.2. The molecule has 0 saturated heterocycles. The van der Waals surface area contributed by atoms with Crippen molar-refractivity contribution in [2.75, 3.05) is 0 Å². The standard InChI is InChI=1S/C12H13NO6/c14-8-4-2-5-9(8)19-10-6-1-3-7(13(17)18)11(10)12(15)16/h1,3,6,8-9,14H,2,4-5H2,(H,15,16). The van der Waals surface area contributed by atoms with Gasteiger partial charge in [-0.3, -0.25) is 10.1 Å². The minimum absolute atomic E-state index is 0.0762. The average molecular weight is 267 g/mol. The minimum Gasteiger partial charge on any atom is -0.487 e. The van der Waals surface area contributed by atoms with Gasteiger partial charge in [0.1, 0.15) is 11.9 Å². The molecule has 0 amide bonds. The lowest BCUT2D eigenvalue weighted by atomic mass is 10.1. The second-order valence-electron chi connectivity index (χ2n) is 4.37. The average Bonchev–Trinajstić information content (AvgIpc) is 2.74. The van der Waals surface area contributed by atoms with Gasteiger partial charge in [0.15, 0.2) is 5.56 Å². The second-order valence-corrected chi connectivity index (χ2v) is 4.37. The number of rotatable bonds is 4. The monoisotopic (exact) mass is 267 g/mol. The summed E-state index contributed by atoms with van der Waals surface area (Å²) in [5.41, 5.74) is -0.996. The number of aromatic carboxylic acids is 1. The third-order valence-corrected chi connectivity index (χ3v) is 3.11. The molecule has 2 N–H and O–H groups in total. The fourth-order valence-corrected chi connectivity index (χ4v) is 2.19. The van der Waals surface area contributed by atoms with Crippen molar-refractivity contribution in [3.8, 4) is 5.75 Å². The predicted octanol–water partition coefficient (Wildman–Crippen LogP) is 1.59. The number of ether oxygens (including phenoxy) is 1. The summed E-state index contributed by atoms with van der Waals surface area (Å²) in [5, 5.41) is 29.6. The number of aliphatic hydroxyl groups excluding tert-OH is 1. The van der Waals surface area contributed by atoms with Crippen molar-refractivity contribution in [2.45, 2.75) is 31.5 Å². The fourth-order valence-electron chi connectivity index (χ4n) is 2.19. The highest BCUT2D eigenvalue weighted by atomic mass is 16.6. The molecule has 0 aromatic heterocycles. The molecule has 0 spiro atoms. The number of hydrogen-bond donors (Lipinski definition) is 2. The van der Waals surface area contributed by atoms with Crippen LogP contribution in [0.4, 0.5) is 5.69 Å². The highest BCUT2D eigenvalue weighted by Gasteiger charge is 2.31. The molecule has 0 bridgehead atoms. The van der Waals surface area contributed by atoms with E-state index < -0.39 is 34.4 Å². The van der Waals surface area contributed by atoms with Gasteiger partial charge in [-0.15, -0.1) is 0 Å². The van der Waals surface area contributed by atoms with Crippen LogP contribution < -0.4 is 4.74 Å². The molecule has 0 heterocycles. The van der Waals surface area contributed by atoms with E-state index in [4.69, 9.17) is 9.84 Å². The van der Waals surface area contributed by atoms with Crippen molar-refractivity contribution in [3.63, 3.8) is 0 Å². The summed E-state index contributed by atoms with van der Waals surface area (Å²) in [6.07, 6.45) is 0.787. The quantitative estimate of drug-likeness (QED) is 0.633. The Morgan fingerprint density at radius 3 is 2.68 bits per heavy atom. The molecule has 102 valence electrons. The number of carboxylic acid groups (broad SMARTS) is 1. The minimum atomic E-state index is -1.42. The van der Waals surface area contributed by atoms with Crippen molar-refractivity contribution >= 4 is 11.7 Å². The summed E-state index contributed by atoms with van der Waals surface area (Å²) in [5.74, 6) is -1.50. The molecule has 1 saturated carbocycles. The number of carbonyl (C=O) groups is 1. The highest BCUT2D eigenvalue weighted by molar-refractivity contribution is 5.95. The number of nitrogens with zero attached hydrogens (tertiary/aromatic N) is 1. The maximum absolute atomic E-state index is 11.2. The van der Waals surface area contributed by atoms with Gasteiger partial charge in [0.25, 0.3) is 5.69 Å². The molecular weight excluding hydrogens is 254 g/mol. The second kappa shape index (κ2) is 5.23. The first-order valence-corrected chi connectivity index (χ1v) is 5.86. The normalized spacial score (nSPS) is 22.2. The Bertz CT molecular complexity index is 515. The van der Waals surface area contributed by atoms with Gasteiger partial charge in [0, 0.05) is 6.07 Å². The molecule has 19 heavy (non-hydrogen) atoms. The summed E-state index contributed by atoms with van der Waals surface area (Å²) in [6, 6.07) is 3.84. The Morgan fingerprint density at radius 2 is 2.16 bits per heavy atom. The van der Waals surface area contributed by atoms with Crippen molar-refractivity contribution in [1.82, 2.24) is 0 Å². The molecule has 0 aliphatic heterocycles. The molecule has 1 aromatic carbocycles. The number of hydrogen-bond acceptors (Lipinski definition) is 5. The Labute approximate surface area is 108 Å². The number of benzene rings is 1. The van der Waals surface area contributed by atoms with E-state index in [0.717, 1.165) is 12.5 Å². The molecular formula is C12H13NO6. The number of carboxylic acids is 1. The number of nitro groups is 1. The summed E-state index contributed by atoms with van der Waals surface area (Å²) in [6.45, 7) is 0. The first-order valence-electron chi connectivity index (χ1n) is 5.86.